The molecule has 2 aromatic rings. The fourth-order valence-corrected chi connectivity index (χ4v) is 1.51. The van der Waals surface area contributed by atoms with Crippen LogP contribution in [0.1, 0.15) is 11.3 Å². The van der Waals surface area contributed by atoms with Gasteiger partial charge in [-0.25, -0.2) is 9.37 Å². The highest BCUT2D eigenvalue weighted by Crippen LogP contribution is 2.28. The van der Waals surface area contributed by atoms with Gasteiger partial charge in [0.05, 0.1) is 18.1 Å². The Morgan fingerprint density at radius 1 is 1.11 bits per heavy atom. The summed E-state index contributed by atoms with van der Waals surface area (Å²) in [4.78, 5) is 6.83. The van der Waals surface area contributed by atoms with Crippen LogP contribution in [-0.2, 0) is 12.7 Å². The normalized spacial score (nSPS) is 11.6. The zero-order valence-electron chi connectivity index (χ0n) is 9.58. The van der Waals surface area contributed by atoms with Crippen molar-refractivity contribution in [2.45, 2.75) is 12.7 Å². The molecule has 0 unspecified atom stereocenters. The smallest absolute Gasteiger partial charge is 0.326 e. The number of benzene rings is 1. The van der Waals surface area contributed by atoms with Crippen molar-refractivity contribution >= 4 is 0 Å². The summed E-state index contributed by atoms with van der Waals surface area (Å²) in [6.07, 6.45) is -3.10. The van der Waals surface area contributed by atoms with Gasteiger partial charge in [0.1, 0.15) is 5.82 Å². The fraction of sp³-hybridized carbons (Fsp3) is 0.167. The van der Waals surface area contributed by atoms with Gasteiger partial charge in [0.2, 0.25) is 0 Å². The number of nitrogens with zero attached hydrogens (tertiary/aromatic N) is 2. The van der Waals surface area contributed by atoms with Gasteiger partial charge < -0.3 is 5.73 Å². The molecule has 0 aliphatic heterocycles. The molecule has 0 radical (unpaired) electrons. The van der Waals surface area contributed by atoms with E-state index in [1.54, 1.807) is 0 Å². The van der Waals surface area contributed by atoms with E-state index in [-0.39, 0.29) is 17.8 Å². The van der Waals surface area contributed by atoms with Gasteiger partial charge in [-0.15, -0.1) is 0 Å². The van der Waals surface area contributed by atoms with Crippen molar-refractivity contribution in [1.29, 1.82) is 0 Å². The lowest BCUT2D eigenvalue weighted by atomic mass is 10.1. The maximum atomic E-state index is 13.6. The summed E-state index contributed by atoms with van der Waals surface area (Å²) in [5.41, 5.74) is 5.05. The van der Waals surface area contributed by atoms with E-state index >= 15 is 0 Å². The summed E-state index contributed by atoms with van der Waals surface area (Å²) < 4.78 is 50.6. The van der Waals surface area contributed by atoms with Gasteiger partial charge in [-0.2, -0.15) is 13.2 Å². The number of hydrogen-bond donors (Lipinski definition) is 1. The Kier molecular flexibility index (Phi) is 3.48. The number of rotatable bonds is 2. The predicted molar refractivity (Wildman–Crippen MR) is 60.3 cm³/mol. The Balaban J connectivity index is 2.42. The Morgan fingerprint density at radius 2 is 1.84 bits per heavy atom. The average Bonchev–Trinajstić information content (AvgIpc) is 2.38. The quantitative estimate of drug-likeness (QED) is 0.854. The van der Waals surface area contributed by atoms with E-state index in [1.165, 1.54) is 18.2 Å². The number of aromatic nitrogens is 2. The third kappa shape index (κ3) is 2.87. The van der Waals surface area contributed by atoms with E-state index < -0.39 is 17.7 Å². The van der Waals surface area contributed by atoms with E-state index in [9.17, 15) is 17.6 Å². The Labute approximate surface area is 106 Å². The largest absolute Gasteiger partial charge is 0.434 e. The molecule has 0 amide bonds. The summed E-state index contributed by atoms with van der Waals surface area (Å²) in [5.74, 6) is -0.591. The first-order valence-corrected chi connectivity index (χ1v) is 5.30. The molecule has 0 bridgehead atoms. The molecule has 0 saturated heterocycles. The van der Waals surface area contributed by atoms with Crippen LogP contribution in [0.3, 0.4) is 0 Å². The second-order valence-electron chi connectivity index (χ2n) is 3.80. The molecule has 3 nitrogen and oxygen atoms in total. The Hall–Kier alpha value is -2.02. The minimum Gasteiger partial charge on any atom is -0.326 e. The van der Waals surface area contributed by atoms with Crippen LogP contribution in [0.4, 0.5) is 17.6 Å². The van der Waals surface area contributed by atoms with Crippen LogP contribution in [0.25, 0.3) is 11.3 Å². The Morgan fingerprint density at radius 3 is 2.37 bits per heavy atom. The van der Waals surface area contributed by atoms with Crippen molar-refractivity contribution in [2.75, 3.05) is 0 Å². The van der Waals surface area contributed by atoms with Gasteiger partial charge in [0, 0.05) is 12.1 Å². The fourth-order valence-electron chi connectivity index (χ4n) is 1.51. The number of nitrogens with two attached hydrogens (primary N) is 1. The van der Waals surface area contributed by atoms with Crippen LogP contribution in [0, 0.1) is 5.82 Å². The van der Waals surface area contributed by atoms with Crippen LogP contribution in [0.15, 0.2) is 30.6 Å². The maximum absolute atomic E-state index is 13.6. The van der Waals surface area contributed by atoms with Gasteiger partial charge in [-0.05, 0) is 17.7 Å². The van der Waals surface area contributed by atoms with Crippen molar-refractivity contribution < 1.29 is 17.6 Å². The summed E-state index contributed by atoms with van der Waals surface area (Å²) in [5, 5.41) is 0. The number of alkyl halides is 3. The van der Waals surface area contributed by atoms with Gasteiger partial charge in [-0.3, -0.25) is 4.98 Å². The van der Waals surface area contributed by atoms with Crippen molar-refractivity contribution in [3.8, 4) is 11.3 Å². The van der Waals surface area contributed by atoms with Crippen molar-refractivity contribution in [2.24, 2.45) is 5.73 Å². The lowest BCUT2D eigenvalue weighted by Gasteiger charge is -2.07. The molecule has 1 heterocycles. The highest BCUT2D eigenvalue weighted by Gasteiger charge is 2.32. The average molecular weight is 271 g/mol. The molecule has 19 heavy (non-hydrogen) atoms. The van der Waals surface area contributed by atoms with Crippen molar-refractivity contribution in [3.05, 3.63) is 47.7 Å². The molecule has 100 valence electrons. The number of halogens is 4. The third-order valence-electron chi connectivity index (χ3n) is 2.48. The second-order valence-corrected chi connectivity index (χ2v) is 3.80. The topological polar surface area (TPSA) is 51.8 Å². The van der Waals surface area contributed by atoms with E-state index in [4.69, 9.17) is 5.73 Å². The van der Waals surface area contributed by atoms with E-state index in [0.29, 0.717) is 11.8 Å². The zero-order chi connectivity index (χ0) is 14.0. The molecule has 2 N–H and O–H groups in total. The molecule has 0 atom stereocenters. The van der Waals surface area contributed by atoms with Gasteiger partial charge in [0.15, 0.2) is 5.69 Å². The minimum absolute atomic E-state index is 0.0285. The monoisotopic (exact) mass is 271 g/mol. The molecule has 0 spiro atoms. The van der Waals surface area contributed by atoms with Crippen LogP contribution >= 0.6 is 0 Å². The van der Waals surface area contributed by atoms with E-state index in [1.807, 2.05) is 0 Å². The molecule has 0 saturated carbocycles. The van der Waals surface area contributed by atoms with Crippen LogP contribution in [-0.4, -0.2) is 9.97 Å². The molecule has 1 aromatic heterocycles. The second kappa shape index (κ2) is 4.93. The van der Waals surface area contributed by atoms with Crippen LogP contribution in [0.2, 0.25) is 0 Å². The highest BCUT2D eigenvalue weighted by molar-refractivity contribution is 5.60. The van der Waals surface area contributed by atoms with Crippen LogP contribution in [0.5, 0.6) is 0 Å². The SMILES string of the molecule is NCc1ccc(F)c(-c2cnc(C(F)(F)F)cn2)c1. The lowest BCUT2D eigenvalue weighted by molar-refractivity contribution is -0.141. The van der Waals surface area contributed by atoms with E-state index in [2.05, 4.69) is 9.97 Å². The minimum atomic E-state index is -4.57. The molecular formula is C12H9F4N3. The molecule has 7 heteroatoms. The van der Waals surface area contributed by atoms with Crippen molar-refractivity contribution in [1.82, 2.24) is 9.97 Å². The standard InChI is InChI=1S/C12H9F4N3/c13-9-2-1-7(4-17)3-8(9)10-5-19-11(6-18-10)12(14,15)16/h1-3,5-6H,4,17H2. The predicted octanol–water partition coefficient (Wildman–Crippen LogP) is 2.76. The van der Waals surface area contributed by atoms with Gasteiger partial charge in [0.25, 0.3) is 0 Å². The third-order valence-corrected chi connectivity index (χ3v) is 2.48. The van der Waals surface area contributed by atoms with E-state index in [0.717, 1.165) is 6.20 Å². The first-order chi connectivity index (χ1) is 8.91. The summed E-state index contributed by atoms with van der Waals surface area (Å²) in [6, 6.07) is 4.12. The lowest BCUT2D eigenvalue weighted by Crippen LogP contribution is -2.08. The summed E-state index contributed by atoms with van der Waals surface area (Å²) >= 11 is 0. The first kappa shape index (κ1) is 13.4. The molecule has 2 rings (SSSR count). The summed E-state index contributed by atoms with van der Waals surface area (Å²) in [6.45, 7) is 0.196. The molecule has 0 aliphatic rings. The summed E-state index contributed by atoms with van der Waals surface area (Å²) in [7, 11) is 0. The molecule has 0 aliphatic carbocycles. The van der Waals surface area contributed by atoms with Crippen LogP contribution < -0.4 is 5.73 Å². The Bertz CT molecular complexity index is 579. The highest BCUT2D eigenvalue weighted by atomic mass is 19.4. The van der Waals surface area contributed by atoms with Gasteiger partial charge in [-0.1, -0.05) is 6.07 Å². The van der Waals surface area contributed by atoms with Crippen molar-refractivity contribution in [3.63, 3.8) is 0 Å². The maximum Gasteiger partial charge on any atom is 0.434 e. The van der Waals surface area contributed by atoms with Gasteiger partial charge >= 0.3 is 6.18 Å². The number of hydrogen-bond acceptors (Lipinski definition) is 3. The first-order valence-electron chi connectivity index (χ1n) is 5.30. The molecule has 1 aromatic carbocycles. The molecular weight excluding hydrogens is 262 g/mol. The zero-order valence-corrected chi connectivity index (χ0v) is 9.58. The molecule has 0 fully saturated rings.